The molecule has 0 aromatic carbocycles. The number of thioether (sulfide) groups is 1. The highest BCUT2D eigenvalue weighted by molar-refractivity contribution is 7.99. The van der Waals surface area contributed by atoms with Crippen LogP contribution in [0.5, 0.6) is 0 Å². The second kappa shape index (κ2) is 8.82. The second-order valence-corrected chi connectivity index (χ2v) is 6.54. The highest BCUT2D eigenvalue weighted by Gasteiger charge is 2.21. The fourth-order valence-corrected chi connectivity index (χ4v) is 2.51. The van der Waals surface area contributed by atoms with Gasteiger partial charge in [0.25, 0.3) is 0 Å². The fourth-order valence-electron chi connectivity index (χ4n) is 2.29. The summed E-state index contributed by atoms with van der Waals surface area (Å²) in [4.78, 5) is 18.0. The first kappa shape index (κ1) is 16.9. The van der Waals surface area contributed by atoms with Crippen LogP contribution in [0, 0.1) is 0 Å². The number of rotatable bonds is 5. The van der Waals surface area contributed by atoms with E-state index in [1.54, 1.807) is 12.4 Å². The quantitative estimate of drug-likeness (QED) is 0.652. The van der Waals surface area contributed by atoms with Crippen LogP contribution in [0.2, 0.25) is 0 Å². The van der Waals surface area contributed by atoms with Crippen molar-refractivity contribution >= 4 is 23.7 Å². The van der Waals surface area contributed by atoms with Crippen molar-refractivity contribution in [2.75, 3.05) is 50.4 Å². The molecular formula is C15H26N6S. The van der Waals surface area contributed by atoms with E-state index >= 15 is 0 Å². The molecule has 0 aliphatic carbocycles. The summed E-state index contributed by atoms with van der Waals surface area (Å²) in [6, 6.07) is 1.85. The smallest absolute Gasteiger partial charge is 0.225 e. The third kappa shape index (κ3) is 4.76. The zero-order valence-electron chi connectivity index (χ0n) is 13.7. The Morgan fingerprint density at radius 3 is 2.59 bits per heavy atom. The number of nitrogens with one attached hydrogen (secondary N) is 1. The summed E-state index contributed by atoms with van der Waals surface area (Å²) in [5, 5.41) is 3.95. The maximum Gasteiger partial charge on any atom is 0.225 e. The van der Waals surface area contributed by atoms with Gasteiger partial charge in [0, 0.05) is 50.4 Å². The van der Waals surface area contributed by atoms with Crippen LogP contribution < -0.4 is 10.2 Å². The molecule has 0 amide bonds. The summed E-state index contributed by atoms with van der Waals surface area (Å²) in [7, 11) is 0. The second-order valence-electron chi connectivity index (χ2n) is 5.26. The summed E-state index contributed by atoms with van der Waals surface area (Å²) in [5.41, 5.74) is 0. The van der Waals surface area contributed by atoms with E-state index < -0.39 is 0 Å². The molecule has 1 aromatic heterocycles. The van der Waals surface area contributed by atoms with Crippen LogP contribution in [0.4, 0.5) is 5.95 Å². The van der Waals surface area contributed by atoms with E-state index in [9.17, 15) is 0 Å². The van der Waals surface area contributed by atoms with E-state index in [1.165, 1.54) is 0 Å². The minimum absolute atomic E-state index is 0.549. The summed E-state index contributed by atoms with van der Waals surface area (Å²) in [5.74, 6) is 1.84. The van der Waals surface area contributed by atoms with Gasteiger partial charge < -0.3 is 15.1 Å². The molecule has 0 radical (unpaired) electrons. The van der Waals surface area contributed by atoms with E-state index in [2.05, 4.69) is 45.2 Å². The molecule has 22 heavy (non-hydrogen) atoms. The highest BCUT2D eigenvalue weighted by Crippen LogP contribution is 2.10. The Kier molecular flexibility index (Phi) is 6.76. The van der Waals surface area contributed by atoms with E-state index in [0.29, 0.717) is 5.25 Å². The lowest BCUT2D eigenvalue weighted by Crippen LogP contribution is -2.53. The number of piperazine rings is 1. The molecule has 1 aliphatic heterocycles. The molecule has 6 nitrogen and oxygen atoms in total. The lowest BCUT2D eigenvalue weighted by molar-refractivity contribution is 0.370. The molecule has 1 fully saturated rings. The van der Waals surface area contributed by atoms with Crippen LogP contribution in [0.15, 0.2) is 23.5 Å². The molecule has 1 aromatic rings. The minimum Gasteiger partial charge on any atom is -0.357 e. The molecule has 1 unspecified atom stereocenters. The van der Waals surface area contributed by atoms with Gasteiger partial charge in [0.05, 0.1) is 6.54 Å². The maximum atomic E-state index is 4.77. The van der Waals surface area contributed by atoms with Crippen LogP contribution in [-0.4, -0.2) is 71.6 Å². The molecule has 1 N–H and O–H groups in total. The molecule has 2 heterocycles. The Balaban J connectivity index is 1.92. The van der Waals surface area contributed by atoms with E-state index in [4.69, 9.17) is 4.99 Å². The first-order chi connectivity index (χ1) is 10.7. The molecule has 0 bridgehead atoms. The largest absolute Gasteiger partial charge is 0.357 e. The maximum absolute atomic E-state index is 4.77. The van der Waals surface area contributed by atoms with Crippen molar-refractivity contribution in [3.63, 3.8) is 0 Å². The van der Waals surface area contributed by atoms with Gasteiger partial charge in [0.2, 0.25) is 5.95 Å². The van der Waals surface area contributed by atoms with Crippen molar-refractivity contribution in [2.45, 2.75) is 19.1 Å². The van der Waals surface area contributed by atoms with Crippen LogP contribution in [0.3, 0.4) is 0 Å². The number of nitrogens with zero attached hydrogens (tertiary/aromatic N) is 5. The monoisotopic (exact) mass is 322 g/mol. The summed E-state index contributed by atoms with van der Waals surface area (Å²) in [6.07, 6.45) is 5.72. The van der Waals surface area contributed by atoms with Crippen molar-refractivity contribution in [1.29, 1.82) is 0 Å². The predicted molar refractivity (Wildman–Crippen MR) is 94.8 cm³/mol. The molecule has 0 spiro atoms. The summed E-state index contributed by atoms with van der Waals surface area (Å²) < 4.78 is 0. The third-order valence-electron chi connectivity index (χ3n) is 3.65. The van der Waals surface area contributed by atoms with Crippen molar-refractivity contribution < 1.29 is 0 Å². The normalized spacial score (nSPS) is 17.5. The molecule has 1 saturated heterocycles. The summed E-state index contributed by atoms with van der Waals surface area (Å²) in [6.45, 7) is 9.80. The summed E-state index contributed by atoms with van der Waals surface area (Å²) >= 11 is 1.85. The van der Waals surface area contributed by atoms with Gasteiger partial charge in [-0.25, -0.2) is 9.97 Å². The lowest BCUT2D eigenvalue weighted by Gasteiger charge is -2.36. The Morgan fingerprint density at radius 1 is 1.32 bits per heavy atom. The number of aromatic nitrogens is 2. The van der Waals surface area contributed by atoms with Crippen LogP contribution in [0.1, 0.15) is 13.8 Å². The molecular weight excluding hydrogens is 296 g/mol. The van der Waals surface area contributed by atoms with Crippen LogP contribution in [-0.2, 0) is 0 Å². The van der Waals surface area contributed by atoms with Gasteiger partial charge in [-0.1, -0.05) is 6.92 Å². The molecule has 1 aliphatic rings. The van der Waals surface area contributed by atoms with Gasteiger partial charge in [0.15, 0.2) is 5.96 Å². The zero-order chi connectivity index (χ0) is 15.8. The number of guanidine groups is 1. The van der Waals surface area contributed by atoms with Crippen molar-refractivity contribution in [2.24, 2.45) is 4.99 Å². The first-order valence-corrected chi connectivity index (χ1v) is 9.11. The van der Waals surface area contributed by atoms with E-state index in [-0.39, 0.29) is 0 Å². The van der Waals surface area contributed by atoms with Gasteiger partial charge in [-0.3, -0.25) is 4.99 Å². The van der Waals surface area contributed by atoms with Crippen molar-refractivity contribution in [3.8, 4) is 0 Å². The van der Waals surface area contributed by atoms with Crippen LogP contribution in [0.25, 0.3) is 0 Å². The Labute approximate surface area is 137 Å². The lowest BCUT2D eigenvalue weighted by atomic mass is 10.3. The van der Waals surface area contributed by atoms with Gasteiger partial charge in [0.1, 0.15) is 0 Å². The van der Waals surface area contributed by atoms with Gasteiger partial charge in [-0.15, -0.1) is 0 Å². The van der Waals surface area contributed by atoms with Gasteiger partial charge >= 0.3 is 0 Å². The molecule has 0 saturated carbocycles. The van der Waals surface area contributed by atoms with Gasteiger partial charge in [-0.05, 0) is 19.2 Å². The molecule has 2 rings (SSSR count). The number of hydrogen-bond acceptors (Lipinski definition) is 5. The average Bonchev–Trinajstić information content (AvgIpc) is 2.59. The first-order valence-electron chi connectivity index (χ1n) is 7.82. The van der Waals surface area contributed by atoms with E-state index in [1.807, 2.05) is 17.8 Å². The predicted octanol–water partition coefficient (Wildman–Crippen LogP) is 1.32. The molecule has 1 atom stereocenters. The van der Waals surface area contributed by atoms with Crippen LogP contribution >= 0.6 is 11.8 Å². The average molecular weight is 322 g/mol. The topological polar surface area (TPSA) is 56.7 Å². The number of anilines is 1. The molecule has 7 heteroatoms. The Bertz CT molecular complexity index is 458. The number of aliphatic imine (C=N–C) groups is 1. The van der Waals surface area contributed by atoms with E-state index in [0.717, 1.165) is 51.2 Å². The van der Waals surface area contributed by atoms with Crippen molar-refractivity contribution in [1.82, 2.24) is 20.2 Å². The SMILES string of the molecule is CCNC(=NCC(C)SC)N1CCN(c2ncccn2)CC1. The third-order valence-corrected chi connectivity index (χ3v) is 4.60. The Morgan fingerprint density at radius 2 is 2.00 bits per heavy atom. The highest BCUT2D eigenvalue weighted by atomic mass is 32.2. The number of hydrogen-bond donors (Lipinski definition) is 1. The standard InChI is InChI=1S/C15H26N6S/c1-4-16-14(19-12-13(2)22-3)20-8-10-21(11-9-20)15-17-6-5-7-18-15/h5-7,13H,4,8-12H2,1-3H3,(H,16,19). The zero-order valence-corrected chi connectivity index (χ0v) is 14.5. The fraction of sp³-hybridized carbons (Fsp3) is 0.667. The van der Waals surface area contributed by atoms with Crippen molar-refractivity contribution in [3.05, 3.63) is 18.5 Å². The molecule has 122 valence electrons. The van der Waals surface area contributed by atoms with Gasteiger partial charge in [-0.2, -0.15) is 11.8 Å². The Hall–Kier alpha value is -1.50. The minimum atomic E-state index is 0.549.